The number of H-pyrrole nitrogens is 1. The fourth-order valence-corrected chi connectivity index (χ4v) is 4.45. The average Bonchev–Trinajstić information content (AvgIpc) is 3.37. The molecule has 3 heterocycles. The van der Waals surface area contributed by atoms with Crippen LogP contribution in [0.1, 0.15) is 12.5 Å². The summed E-state index contributed by atoms with van der Waals surface area (Å²) < 4.78 is 2.10. The summed E-state index contributed by atoms with van der Waals surface area (Å²) in [5.41, 5.74) is 9.26. The second kappa shape index (κ2) is 4.49. The maximum Gasteiger partial charge on any atom is 0.158 e. The minimum absolute atomic E-state index is 0.213. The van der Waals surface area contributed by atoms with Crippen molar-refractivity contribution < 1.29 is 0 Å². The summed E-state index contributed by atoms with van der Waals surface area (Å²) in [6.45, 7) is 4.43. The van der Waals surface area contributed by atoms with Crippen molar-refractivity contribution in [1.29, 1.82) is 0 Å². The third kappa shape index (κ3) is 1.42. The molecule has 1 aliphatic carbocycles. The molecule has 0 unspecified atom stereocenters. The summed E-state index contributed by atoms with van der Waals surface area (Å²) >= 11 is 0. The highest BCUT2D eigenvalue weighted by Gasteiger charge is 2.44. The second-order valence-electron chi connectivity index (χ2n) is 7.13. The molecule has 0 radical (unpaired) electrons. The van der Waals surface area contributed by atoms with Crippen LogP contribution in [-0.2, 0) is 5.44 Å². The Morgan fingerprint density at radius 2 is 1.77 bits per heavy atom. The van der Waals surface area contributed by atoms with E-state index in [1.165, 1.54) is 11.1 Å². The molecule has 1 N–H and O–H groups in total. The molecule has 4 aromatic rings. The summed E-state index contributed by atoms with van der Waals surface area (Å²) in [6, 6.07) is 14.7. The number of hydrogen-bond donors (Lipinski definition) is 1. The van der Waals surface area contributed by atoms with Crippen molar-refractivity contribution in [3.8, 4) is 45.0 Å². The smallest absolute Gasteiger partial charge is 0.158 e. The van der Waals surface area contributed by atoms with Gasteiger partial charge < -0.3 is 0 Å². The van der Waals surface area contributed by atoms with Crippen LogP contribution in [0.15, 0.2) is 42.5 Å². The van der Waals surface area contributed by atoms with Gasteiger partial charge in [-0.1, -0.05) is 59.7 Å². The van der Waals surface area contributed by atoms with Crippen molar-refractivity contribution in [1.82, 2.24) is 30.4 Å². The van der Waals surface area contributed by atoms with Crippen LogP contribution in [0.25, 0.3) is 45.0 Å². The van der Waals surface area contributed by atoms with Crippen LogP contribution in [0.4, 0.5) is 0 Å². The van der Waals surface area contributed by atoms with Crippen LogP contribution in [0.2, 0.25) is 6.82 Å². The zero-order chi connectivity index (χ0) is 17.5. The molecule has 0 saturated heterocycles. The molecule has 0 bridgehead atoms. The Hall–Kier alpha value is -3.22. The van der Waals surface area contributed by atoms with Gasteiger partial charge in [-0.05, 0) is 12.5 Å². The van der Waals surface area contributed by atoms with E-state index < -0.39 is 0 Å². The predicted molar refractivity (Wildman–Crippen MR) is 101 cm³/mol. The fourth-order valence-electron chi connectivity index (χ4n) is 4.45. The maximum absolute atomic E-state index is 4.60. The largest absolute Gasteiger partial charge is 0.257 e. The zero-order valence-corrected chi connectivity index (χ0v) is 14.5. The minimum Gasteiger partial charge on any atom is -0.257 e. The summed E-state index contributed by atoms with van der Waals surface area (Å²) in [6.07, 6.45) is 0. The molecule has 0 saturated carbocycles. The van der Waals surface area contributed by atoms with E-state index in [9.17, 15) is 0 Å². The summed E-state index contributed by atoms with van der Waals surface area (Å²) in [4.78, 5) is 0. The molecule has 26 heavy (non-hydrogen) atoms. The molecule has 6 rings (SSSR count). The highest BCUT2D eigenvalue weighted by atomic mass is 15.5. The number of nitrogens with zero attached hydrogens (tertiary/aromatic N) is 5. The van der Waals surface area contributed by atoms with Crippen molar-refractivity contribution in [2.24, 2.45) is 0 Å². The maximum atomic E-state index is 4.60. The number of nitrogens with one attached hydrogen (secondary N) is 1. The lowest BCUT2D eigenvalue weighted by atomic mass is 9.58. The van der Waals surface area contributed by atoms with Gasteiger partial charge in [0.1, 0.15) is 11.4 Å². The summed E-state index contributed by atoms with van der Waals surface area (Å²) in [5, 5.41) is 20.8. The monoisotopic (exact) mass is 338 g/mol. The quantitative estimate of drug-likeness (QED) is 0.477. The third-order valence-electron chi connectivity index (χ3n) is 5.96. The van der Waals surface area contributed by atoms with Crippen molar-refractivity contribution in [3.63, 3.8) is 0 Å². The number of benzene rings is 2. The van der Waals surface area contributed by atoms with Crippen molar-refractivity contribution in [3.05, 3.63) is 48.0 Å². The van der Waals surface area contributed by atoms with Crippen LogP contribution in [0.3, 0.4) is 0 Å². The standard InChI is InChI=1S/C19H15BN6/c1-19(20-2)13-9-5-8-12-14(13)18-17(23-25-26(18)19)11-7-4-3-6-10(11)15-16(12)22-24-21-15/h3-9,20H,1-2H3,(H,21,22,24)/t19-/m0/s1. The summed E-state index contributed by atoms with van der Waals surface area (Å²) in [7, 11) is 0.937. The van der Waals surface area contributed by atoms with E-state index in [1.807, 2.05) is 12.1 Å². The van der Waals surface area contributed by atoms with Crippen LogP contribution >= 0.6 is 0 Å². The van der Waals surface area contributed by atoms with Gasteiger partial charge in [0.25, 0.3) is 0 Å². The molecule has 1 aliphatic heterocycles. The number of aromatic nitrogens is 6. The van der Waals surface area contributed by atoms with Crippen LogP contribution in [0.5, 0.6) is 0 Å². The number of aromatic amines is 1. The molecule has 0 spiro atoms. The van der Waals surface area contributed by atoms with Crippen LogP contribution < -0.4 is 0 Å². The normalized spacial score (nSPS) is 18.5. The van der Waals surface area contributed by atoms with E-state index in [0.29, 0.717) is 0 Å². The fraction of sp³-hybridized carbons (Fsp3) is 0.158. The Morgan fingerprint density at radius 3 is 2.62 bits per heavy atom. The molecule has 0 fully saturated rings. The van der Waals surface area contributed by atoms with Gasteiger partial charge in [-0.15, -0.1) is 10.2 Å². The van der Waals surface area contributed by atoms with Crippen LogP contribution in [0, 0.1) is 0 Å². The average molecular weight is 338 g/mol. The van der Waals surface area contributed by atoms with E-state index in [0.717, 1.165) is 46.7 Å². The second-order valence-corrected chi connectivity index (χ2v) is 7.13. The van der Waals surface area contributed by atoms with E-state index >= 15 is 0 Å². The van der Waals surface area contributed by atoms with Crippen molar-refractivity contribution in [2.75, 3.05) is 0 Å². The van der Waals surface area contributed by atoms with Gasteiger partial charge >= 0.3 is 0 Å². The number of hydrogen-bond acceptors (Lipinski definition) is 4. The molecular weight excluding hydrogens is 323 g/mol. The Bertz CT molecular complexity index is 1210. The highest BCUT2D eigenvalue weighted by molar-refractivity contribution is 6.39. The summed E-state index contributed by atoms with van der Waals surface area (Å²) in [5.74, 6) is 0. The van der Waals surface area contributed by atoms with Gasteiger partial charge in [-0.3, -0.25) is 5.10 Å². The molecular formula is C19H15BN6. The predicted octanol–water partition coefficient (Wildman–Crippen LogP) is 2.90. The highest BCUT2D eigenvalue weighted by Crippen LogP contribution is 2.53. The minimum atomic E-state index is -0.213. The van der Waals surface area contributed by atoms with Gasteiger partial charge in [0.2, 0.25) is 0 Å². The van der Waals surface area contributed by atoms with E-state index in [2.05, 4.69) is 74.5 Å². The number of rotatable bonds is 1. The van der Waals surface area contributed by atoms with Gasteiger partial charge in [-0.25, -0.2) is 4.68 Å². The van der Waals surface area contributed by atoms with Gasteiger partial charge in [0.05, 0.1) is 16.8 Å². The Morgan fingerprint density at radius 1 is 0.962 bits per heavy atom. The molecule has 6 nitrogen and oxygen atoms in total. The van der Waals surface area contributed by atoms with Gasteiger partial charge in [-0.2, -0.15) is 0 Å². The van der Waals surface area contributed by atoms with E-state index in [1.54, 1.807) is 0 Å². The molecule has 7 heteroatoms. The SMILES string of the molecule is CB[C@]1(C)c2cccc3c2-c2c(nnn21)-c1ccccc1-c1[nH]nnc1-3. The first-order valence-electron chi connectivity index (χ1n) is 8.85. The lowest BCUT2D eigenvalue weighted by Gasteiger charge is -2.24. The molecule has 0 amide bonds. The first-order chi connectivity index (χ1) is 12.7. The number of fused-ring (bicyclic) bond motifs is 5. The lowest BCUT2D eigenvalue weighted by molar-refractivity contribution is 0.501. The molecule has 1 atom stereocenters. The lowest BCUT2D eigenvalue weighted by Crippen LogP contribution is -2.34. The molecule has 2 aromatic heterocycles. The van der Waals surface area contributed by atoms with Crippen molar-refractivity contribution >= 4 is 7.28 Å². The van der Waals surface area contributed by atoms with Gasteiger partial charge in [0.15, 0.2) is 7.28 Å². The Balaban J connectivity index is 1.87. The van der Waals surface area contributed by atoms with E-state index in [4.69, 9.17) is 0 Å². The van der Waals surface area contributed by atoms with Crippen molar-refractivity contribution in [2.45, 2.75) is 19.2 Å². The Kier molecular flexibility index (Phi) is 2.42. The third-order valence-corrected chi connectivity index (χ3v) is 5.96. The Labute approximate surface area is 150 Å². The first-order valence-corrected chi connectivity index (χ1v) is 8.85. The zero-order valence-electron chi connectivity index (χ0n) is 14.5. The van der Waals surface area contributed by atoms with Crippen LogP contribution in [-0.4, -0.2) is 37.7 Å². The molecule has 2 aromatic carbocycles. The molecule has 2 aliphatic rings. The molecule has 124 valence electrons. The topological polar surface area (TPSA) is 72.3 Å². The first kappa shape index (κ1) is 14.0. The van der Waals surface area contributed by atoms with E-state index in [-0.39, 0.29) is 5.44 Å². The van der Waals surface area contributed by atoms with Gasteiger partial charge in [0, 0.05) is 22.3 Å².